The molecule has 2 heteroatoms. The van der Waals surface area contributed by atoms with Crippen molar-refractivity contribution < 1.29 is 4.65 Å². The lowest BCUT2D eigenvalue weighted by molar-refractivity contribution is 0.461. The van der Waals surface area contributed by atoms with Crippen LogP contribution in [0.25, 0.3) is 16.7 Å². The summed E-state index contributed by atoms with van der Waals surface area (Å²) in [7, 11) is 0. The van der Waals surface area contributed by atoms with Gasteiger partial charge in [0.2, 0.25) is 0 Å². The standard InChI is InChI=1S/C34H31BO/c1-24-25(2)27(4)35(32-22-20-29(21-23-32)28-14-8-5-9-15-28)36-34(26(24)3)33(30-16-10-6-11-17-30)31-18-12-7-13-19-31/h5-23H,1-4H3. The summed E-state index contributed by atoms with van der Waals surface area (Å²) in [5.41, 5.74) is 12.0. The maximum absolute atomic E-state index is 7.04. The molecular weight excluding hydrogens is 435 g/mol. The number of allylic oxidation sites excluding steroid dienone is 4. The monoisotopic (exact) mass is 466 g/mol. The Morgan fingerprint density at radius 2 is 0.972 bits per heavy atom. The van der Waals surface area contributed by atoms with Crippen LogP contribution in [0.3, 0.4) is 0 Å². The predicted molar refractivity (Wildman–Crippen MR) is 154 cm³/mol. The lowest BCUT2D eigenvalue weighted by atomic mass is 9.54. The van der Waals surface area contributed by atoms with Gasteiger partial charge in [0.05, 0.1) is 0 Å². The van der Waals surface area contributed by atoms with E-state index in [0.29, 0.717) is 0 Å². The molecule has 36 heavy (non-hydrogen) atoms. The summed E-state index contributed by atoms with van der Waals surface area (Å²) in [5.74, 6) is 0.943. The molecule has 4 aromatic rings. The van der Waals surface area contributed by atoms with E-state index in [1.54, 1.807) is 0 Å². The Morgan fingerprint density at radius 3 is 1.50 bits per heavy atom. The minimum atomic E-state index is -0.167. The van der Waals surface area contributed by atoms with Gasteiger partial charge in [-0.05, 0) is 66.6 Å². The van der Waals surface area contributed by atoms with Crippen molar-refractivity contribution >= 4 is 18.0 Å². The van der Waals surface area contributed by atoms with E-state index in [-0.39, 0.29) is 6.92 Å². The Morgan fingerprint density at radius 1 is 0.500 bits per heavy atom. The molecular formula is C34H31BO. The summed E-state index contributed by atoms with van der Waals surface area (Å²) in [6, 6.07) is 40.5. The maximum Gasteiger partial charge on any atom is 0.422 e. The van der Waals surface area contributed by atoms with E-state index in [1.165, 1.54) is 33.3 Å². The molecule has 0 saturated carbocycles. The first kappa shape index (κ1) is 23.7. The molecule has 0 spiro atoms. The molecule has 176 valence electrons. The number of hydrogen-bond acceptors (Lipinski definition) is 1. The Kier molecular flexibility index (Phi) is 6.78. The highest BCUT2D eigenvalue weighted by molar-refractivity contribution is 6.74. The van der Waals surface area contributed by atoms with Crippen LogP contribution in [-0.4, -0.2) is 6.92 Å². The highest BCUT2D eigenvalue weighted by Gasteiger charge is 2.31. The number of benzene rings is 4. The summed E-state index contributed by atoms with van der Waals surface area (Å²) >= 11 is 0. The molecule has 0 aliphatic carbocycles. The minimum Gasteiger partial charge on any atom is -0.551 e. The largest absolute Gasteiger partial charge is 0.551 e. The Labute approximate surface area is 215 Å². The molecule has 4 aromatic carbocycles. The fourth-order valence-corrected chi connectivity index (χ4v) is 4.92. The molecule has 0 fully saturated rings. The molecule has 0 N–H and O–H groups in total. The summed E-state index contributed by atoms with van der Waals surface area (Å²) in [4.78, 5) is 0. The SMILES string of the molecule is CC1=C(C)C(C)=C(C)C(=C(c2ccccc2)c2ccccc2)OB1c1ccc(-c2ccccc2)cc1. The molecule has 1 aliphatic rings. The average Bonchev–Trinajstić information content (AvgIpc) is 3.02. The fourth-order valence-electron chi connectivity index (χ4n) is 4.92. The van der Waals surface area contributed by atoms with Gasteiger partial charge in [0.15, 0.2) is 0 Å². The smallest absolute Gasteiger partial charge is 0.422 e. The molecule has 0 aromatic heterocycles. The zero-order valence-corrected chi connectivity index (χ0v) is 21.5. The van der Waals surface area contributed by atoms with Gasteiger partial charge >= 0.3 is 6.92 Å². The molecule has 1 heterocycles. The van der Waals surface area contributed by atoms with Crippen molar-refractivity contribution in [3.8, 4) is 11.1 Å². The minimum absolute atomic E-state index is 0.167. The molecule has 0 amide bonds. The molecule has 0 atom stereocenters. The van der Waals surface area contributed by atoms with Gasteiger partial charge in [-0.2, -0.15) is 0 Å². The van der Waals surface area contributed by atoms with Crippen LogP contribution in [0.2, 0.25) is 0 Å². The summed E-state index contributed by atoms with van der Waals surface area (Å²) in [6.07, 6.45) is 0. The first-order valence-electron chi connectivity index (χ1n) is 12.6. The summed E-state index contributed by atoms with van der Waals surface area (Å²) in [6.45, 7) is 8.66. The van der Waals surface area contributed by atoms with Crippen LogP contribution in [0, 0.1) is 0 Å². The van der Waals surface area contributed by atoms with E-state index in [2.05, 4.69) is 143 Å². The number of hydrogen-bond donors (Lipinski definition) is 0. The zero-order valence-electron chi connectivity index (χ0n) is 21.5. The van der Waals surface area contributed by atoms with Crippen molar-refractivity contribution in [3.05, 3.63) is 154 Å². The van der Waals surface area contributed by atoms with Crippen molar-refractivity contribution in [2.75, 3.05) is 0 Å². The van der Waals surface area contributed by atoms with Crippen LogP contribution in [-0.2, 0) is 4.65 Å². The second-order valence-electron chi connectivity index (χ2n) is 9.48. The van der Waals surface area contributed by atoms with Gasteiger partial charge in [-0.15, -0.1) is 0 Å². The van der Waals surface area contributed by atoms with Crippen molar-refractivity contribution in [2.24, 2.45) is 0 Å². The van der Waals surface area contributed by atoms with E-state index < -0.39 is 0 Å². The van der Waals surface area contributed by atoms with Crippen LogP contribution in [0.4, 0.5) is 0 Å². The van der Waals surface area contributed by atoms with Crippen LogP contribution in [0.5, 0.6) is 0 Å². The maximum atomic E-state index is 7.04. The van der Waals surface area contributed by atoms with Crippen molar-refractivity contribution in [2.45, 2.75) is 27.7 Å². The van der Waals surface area contributed by atoms with Crippen LogP contribution in [0.1, 0.15) is 38.8 Å². The third kappa shape index (κ3) is 4.60. The van der Waals surface area contributed by atoms with E-state index in [4.69, 9.17) is 4.65 Å². The van der Waals surface area contributed by atoms with Gasteiger partial charge in [-0.25, -0.2) is 0 Å². The summed E-state index contributed by atoms with van der Waals surface area (Å²) in [5, 5.41) is 0. The van der Waals surface area contributed by atoms with Gasteiger partial charge in [0.1, 0.15) is 5.76 Å². The van der Waals surface area contributed by atoms with Gasteiger partial charge < -0.3 is 4.65 Å². The molecule has 1 aliphatic heterocycles. The Hall–Kier alpha value is -4.04. The lowest BCUT2D eigenvalue weighted by Gasteiger charge is -2.22. The van der Waals surface area contributed by atoms with E-state index in [1.807, 2.05) is 0 Å². The topological polar surface area (TPSA) is 9.23 Å². The van der Waals surface area contributed by atoms with Gasteiger partial charge in [-0.1, -0.05) is 126 Å². The predicted octanol–water partition coefficient (Wildman–Crippen LogP) is 8.25. The fraction of sp³-hybridized carbons (Fsp3) is 0.118. The highest BCUT2D eigenvalue weighted by Crippen LogP contribution is 2.37. The normalized spacial score (nSPS) is 14.0. The molecule has 0 saturated heterocycles. The number of rotatable bonds is 4. The first-order valence-corrected chi connectivity index (χ1v) is 12.6. The molecule has 0 unspecified atom stereocenters. The zero-order chi connectivity index (χ0) is 25.1. The quantitative estimate of drug-likeness (QED) is 0.275. The first-order chi connectivity index (χ1) is 17.5. The van der Waals surface area contributed by atoms with Crippen LogP contribution in [0.15, 0.2) is 143 Å². The van der Waals surface area contributed by atoms with Crippen LogP contribution < -0.4 is 5.46 Å². The van der Waals surface area contributed by atoms with Crippen molar-refractivity contribution in [3.63, 3.8) is 0 Å². The third-order valence-corrected chi connectivity index (χ3v) is 7.36. The van der Waals surface area contributed by atoms with E-state index >= 15 is 0 Å². The van der Waals surface area contributed by atoms with E-state index in [0.717, 1.165) is 27.9 Å². The Bertz CT molecular complexity index is 1400. The Balaban J connectivity index is 1.67. The molecule has 0 bridgehead atoms. The molecule has 5 rings (SSSR count). The summed E-state index contributed by atoms with van der Waals surface area (Å²) < 4.78 is 7.04. The average molecular weight is 466 g/mol. The van der Waals surface area contributed by atoms with Crippen molar-refractivity contribution in [1.29, 1.82) is 0 Å². The molecule has 1 nitrogen and oxygen atoms in total. The third-order valence-electron chi connectivity index (χ3n) is 7.36. The van der Waals surface area contributed by atoms with Crippen molar-refractivity contribution in [1.82, 2.24) is 0 Å². The van der Waals surface area contributed by atoms with Gasteiger partial charge in [-0.3, -0.25) is 0 Å². The van der Waals surface area contributed by atoms with Gasteiger partial charge in [0.25, 0.3) is 0 Å². The highest BCUT2D eigenvalue weighted by atomic mass is 16.4. The second-order valence-corrected chi connectivity index (χ2v) is 9.48. The van der Waals surface area contributed by atoms with E-state index in [9.17, 15) is 0 Å². The lowest BCUT2D eigenvalue weighted by Crippen LogP contribution is -2.35. The second kappa shape index (κ2) is 10.3. The van der Waals surface area contributed by atoms with Crippen LogP contribution >= 0.6 is 0 Å². The molecule has 0 radical (unpaired) electrons. The van der Waals surface area contributed by atoms with Gasteiger partial charge in [0, 0.05) is 5.57 Å².